The van der Waals surface area contributed by atoms with Gasteiger partial charge in [0.15, 0.2) is 11.9 Å². The molecule has 0 bridgehead atoms. The largest absolute Gasteiger partial charge is 0.480 e. The minimum absolute atomic E-state index is 0.108. The molecule has 1 aromatic carbocycles. The maximum absolute atomic E-state index is 5.87. The van der Waals surface area contributed by atoms with Crippen molar-refractivity contribution in [2.75, 3.05) is 5.75 Å². The lowest BCUT2D eigenvalue weighted by molar-refractivity contribution is 0.211. The Morgan fingerprint density at radius 3 is 3.18 bits per heavy atom. The van der Waals surface area contributed by atoms with Gasteiger partial charge in [0.05, 0.1) is 5.88 Å². The number of fused-ring (bicyclic) bond motifs is 1. The zero-order chi connectivity index (χ0) is 11.7. The number of para-hydroxylation sites is 1. The maximum atomic E-state index is 5.87. The molecule has 0 fully saturated rings. The van der Waals surface area contributed by atoms with Crippen molar-refractivity contribution in [3.8, 4) is 5.75 Å². The molecule has 1 N–H and O–H groups in total. The Hall–Kier alpha value is -1.20. The molecule has 0 radical (unpaired) electrons. The van der Waals surface area contributed by atoms with Crippen LogP contribution in [0.4, 0.5) is 0 Å². The normalized spacial score (nSPS) is 18.5. The van der Waals surface area contributed by atoms with Crippen LogP contribution in [-0.2, 0) is 5.88 Å². The van der Waals surface area contributed by atoms with Crippen molar-refractivity contribution in [1.82, 2.24) is 15.2 Å². The minimum atomic E-state index is -0.108. The molecule has 1 atom stereocenters. The summed E-state index contributed by atoms with van der Waals surface area (Å²) in [6.07, 6.45) is -0.108. The summed E-state index contributed by atoms with van der Waals surface area (Å²) >= 11 is 7.44. The van der Waals surface area contributed by atoms with E-state index in [-0.39, 0.29) is 6.10 Å². The highest BCUT2D eigenvalue weighted by molar-refractivity contribution is 7.99. The molecule has 2 heterocycles. The van der Waals surface area contributed by atoms with Gasteiger partial charge < -0.3 is 4.74 Å². The van der Waals surface area contributed by atoms with E-state index >= 15 is 0 Å². The number of benzene rings is 1. The summed E-state index contributed by atoms with van der Waals surface area (Å²) < 4.78 is 5.87. The third-order valence-electron chi connectivity index (χ3n) is 2.47. The molecule has 0 amide bonds. The Morgan fingerprint density at radius 2 is 2.35 bits per heavy atom. The van der Waals surface area contributed by atoms with E-state index in [1.54, 1.807) is 11.8 Å². The van der Waals surface area contributed by atoms with E-state index in [9.17, 15) is 0 Å². The predicted molar refractivity (Wildman–Crippen MR) is 66.5 cm³/mol. The van der Waals surface area contributed by atoms with Crippen LogP contribution in [0, 0.1) is 0 Å². The van der Waals surface area contributed by atoms with Gasteiger partial charge in [-0.3, -0.25) is 5.10 Å². The van der Waals surface area contributed by atoms with Crippen LogP contribution < -0.4 is 4.74 Å². The molecule has 2 aromatic rings. The highest BCUT2D eigenvalue weighted by Crippen LogP contribution is 2.39. The second-order valence-electron chi connectivity index (χ2n) is 3.64. The molecule has 1 aliphatic rings. The third kappa shape index (κ3) is 2.12. The Kier molecular flexibility index (Phi) is 2.94. The molecule has 0 saturated heterocycles. The lowest BCUT2D eigenvalue weighted by atomic mass is 10.3. The van der Waals surface area contributed by atoms with Gasteiger partial charge in [-0.1, -0.05) is 12.1 Å². The number of H-pyrrole nitrogens is 1. The second-order valence-corrected chi connectivity index (χ2v) is 4.97. The zero-order valence-electron chi connectivity index (χ0n) is 8.89. The SMILES string of the molecule is ClCc1nc(C2CSc3ccccc3O2)n[nH]1. The van der Waals surface area contributed by atoms with Gasteiger partial charge in [-0.2, -0.15) is 5.10 Å². The summed E-state index contributed by atoms with van der Waals surface area (Å²) in [5.41, 5.74) is 0. The topological polar surface area (TPSA) is 50.8 Å². The molecule has 17 heavy (non-hydrogen) atoms. The number of rotatable bonds is 2. The molecular formula is C11H10ClN3OS. The highest BCUT2D eigenvalue weighted by Gasteiger charge is 2.24. The van der Waals surface area contributed by atoms with Crippen molar-refractivity contribution in [3.63, 3.8) is 0 Å². The van der Waals surface area contributed by atoms with Crippen LogP contribution in [0.25, 0.3) is 0 Å². The van der Waals surface area contributed by atoms with Crippen molar-refractivity contribution in [2.24, 2.45) is 0 Å². The first-order valence-electron chi connectivity index (χ1n) is 5.22. The van der Waals surface area contributed by atoms with Gasteiger partial charge in [0.1, 0.15) is 11.6 Å². The smallest absolute Gasteiger partial charge is 0.192 e. The van der Waals surface area contributed by atoms with Gasteiger partial charge in [0.2, 0.25) is 0 Å². The Labute approximate surface area is 108 Å². The van der Waals surface area contributed by atoms with Crippen LogP contribution in [0.5, 0.6) is 5.75 Å². The van der Waals surface area contributed by atoms with Crippen LogP contribution in [-0.4, -0.2) is 20.9 Å². The van der Waals surface area contributed by atoms with E-state index in [2.05, 4.69) is 21.2 Å². The fourth-order valence-electron chi connectivity index (χ4n) is 1.66. The summed E-state index contributed by atoms with van der Waals surface area (Å²) in [6.45, 7) is 0. The first kappa shape index (κ1) is 10.9. The zero-order valence-corrected chi connectivity index (χ0v) is 10.5. The molecule has 0 spiro atoms. The molecular weight excluding hydrogens is 258 g/mol. The molecule has 6 heteroatoms. The van der Waals surface area contributed by atoms with Crippen molar-refractivity contribution in [3.05, 3.63) is 35.9 Å². The Morgan fingerprint density at radius 1 is 1.47 bits per heavy atom. The van der Waals surface area contributed by atoms with E-state index < -0.39 is 0 Å². The number of halogens is 1. The van der Waals surface area contributed by atoms with E-state index in [4.69, 9.17) is 16.3 Å². The van der Waals surface area contributed by atoms with Crippen molar-refractivity contribution < 1.29 is 4.74 Å². The number of thioether (sulfide) groups is 1. The average molecular weight is 268 g/mol. The van der Waals surface area contributed by atoms with Crippen LogP contribution in [0.2, 0.25) is 0 Å². The van der Waals surface area contributed by atoms with Gasteiger partial charge in [0.25, 0.3) is 0 Å². The van der Waals surface area contributed by atoms with Crippen molar-refractivity contribution >= 4 is 23.4 Å². The molecule has 3 rings (SSSR count). The number of hydrogen-bond donors (Lipinski definition) is 1. The number of aromatic amines is 1. The van der Waals surface area contributed by atoms with Gasteiger partial charge in [-0.05, 0) is 12.1 Å². The van der Waals surface area contributed by atoms with Gasteiger partial charge >= 0.3 is 0 Å². The maximum Gasteiger partial charge on any atom is 0.192 e. The third-order valence-corrected chi connectivity index (χ3v) is 3.84. The standard InChI is InChI=1S/C11H10ClN3OS/c12-5-10-13-11(15-14-10)8-6-17-9-4-2-1-3-7(9)16-8/h1-4,8H,5-6H2,(H,13,14,15). The average Bonchev–Trinajstić information content (AvgIpc) is 2.87. The molecule has 1 unspecified atom stereocenters. The molecule has 1 aromatic heterocycles. The summed E-state index contributed by atoms with van der Waals surface area (Å²) in [6, 6.07) is 7.99. The Balaban J connectivity index is 1.84. The number of nitrogens with zero attached hydrogens (tertiary/aromatic N) is 2. The fraction of sp³-hybridized carbons (Fsp3) is 0.273. The predicted octanol–water partition coefficient (Wildman–Crippen LogP) is 2.77. The monoisotopic (exact) mass is 267 g/mol. The number of nitrogens with one attached hydrogen (secondary N) is 1. The number of hydrogen-bond acceptors (Lipinski definition) is 4. The quantitative estimate of drug-likeness (QED) is 0.850. The summed E-state index contributed by atoms with van der Waals surface area (Å²) in [5, 5.41) is 6.92. The summed E-state index contributed by atoms with van der Waals surface area (Å²) in [4.78, 5) is 5.45. The van der Waals surface area contributed by atoms with Gasteiger partial charge in [0, 0.05) is 10.6 Å². The number of alkyl halides is 1. The molecule has 1 aliphatic heterocycles. The fourth-order valence-corrected chi connectivity index (χ4v) is 2.76. The summed E-state index contributed by atoms with van der Waals surface area (Å²) in [7, 11) is 0. The summed E-state index contributed by atoms with van der Waals surface area (Å²) in [5.74, 6) is 3.39. The second kappa shape index (κ2) is 4.58. The Bertz CT molecular complexity index is 531. The lowest BCUT2D eigenvalue weighted by Gasteiger charge is -2.23. The minimum Gasteiger partial charge on any atom is -0.480 e. The molecule has 0 saturated carbocycles. The van der Waals surface area contributed by atoms with E-state index in [1.165, 1.54) is 0 Å². The molecule has 88 valence electrons. The first-order valence-corrected chi connectivity index (χ1v) is 6.74. The lowest BCUT2D eigenvalue weighted by Crippen LogP contribution is -2.16. The van der Waals surface area contributed by atoms with E-state index in [0.717, 1.165) is 16.4 Å². The van der Waals surface area contributed by atoms with Crippen LogP contribution in [0.15, 0.2) is 29.2 Å². The molecule has 0 aliphatic carbocycles. The van der Waals surface area contributed by atoms with Crippen molar-refractivity contribution in [1.29, 1.82) is 0 Å². The number of ether oxygens (including phenoxy) is 1. The van der Waals surface area contributed by atoms with Crippen LogP contribution in [0.1, 0.15) is 17.8 Å². The van der Waals surface area contributed by atoms with Gasteiger partial charge in [-0.15, -0.1) is 23.4 Å². The van der Waals surface area contributed by atoms with Crippen LogP contribution >= 0.6 is 23.4 Å². The highest BCUT2D eigenvalue weighted by atomic mass is 35.5. The molecule has 4 nitrogen and oxygen atoms in total. The van der Waals surface area contributed by atoms with E-state index in [0.29, 0.717) is 17.5 Å². The number of aromatic nitrogens is 3. The van der Waals surface area contributed by atoms with Crippen LogP contribution in [0.3, 0.4) is 0 Å². The van der Waals surface area contributed by atoms with E-state index in [1.807, 2.05) is 18.2 Å². The van der Waals surface area contributed by atoms with Crippen molar-refractivity contribution in [2.45, 2.75) is 16.9 Å². The first-order chi connectivity index (χ1) is 8.36. The van der Waals surface area contributed by atoms with Gasteiger partial charge in [-0.25, -0.2) is 4.98 Å².